The van der Waals surface area contributed by atoms with Crippen LogP contribution in [0.4, 0.5) is 5.69 Å². The minimum Gasteiger partial charge on any atom is -0.378 e. The van der Waals surface area contributed by atoms with E-state index in [0.717, 1.165) is 16.9 Å². The Kier molecular flexibility index (Phi) is 5.18. The minimum absolute atomic E-state index is 0.164. The smallest absolute Gasteiger partial charge is 0.251 e. The van der Waals surface area contributed by atoms with E-state index in [4.69, 9.17) is 5.10 Å². The summed E-state index contributed by atoms with van der Waals surface area (Å²) in [6.45, 7) is 4.41. The van der Waals surface area contributed by atoms with Gasteiger partial charge in [0.2, 0.25) is 0 Å². The van der Waals surface area contributed by atoms with Crippen molar-refractivity contribution in [2.75, 3.05) is 19.0 Å². The fourth-order valence-electron chi connectivity index (χ4n) is 3.17. The maximum absolute atomic E-state index is 12.5. The summed E-state index contributed by atoms with van der Waals surface area (Å²) in [7, 11) is 3.93. The third-order valence-electron chi connectivity index (χ3n) is 5.18. The van der Waals surface area contributed by atoms with E-state index in [0.29, 0.717) is 17.0 Å². The third-order valence-corrected chi connectivity index (χ3v) is 5.18. The lowest BCUT2D eigenvalue weighted by Crippen LogP contribution is -2.24. The van der Waals surface area contributed by atoms with Crippen LogP contribution in [0.3, 0.4) is 0 Å². The van der Waals surface area contributed by atoms with Gasteiger partial charge in [0.15, 0.2) is 11.5 Å². The number of nitrogens with one attached hydrogen (secondary N) is 1. The Morgan fingerprint density at radius 3 is 2.43 bits per heavy atom. The van der Waals surface area contributed by atoms with Gasteiger partial charge in [0, 0.05) is 30.9 Å². The summed E-state index contributed by atoms with van der Waals surface area (Å²) in [5.41, 5.74) is 6.59. The molecule has 1 amide bonds. The first-order valence-corrected chi connectivity index (χ1v) is 9.77. The van der Waals surface area contributed by atoms with Gasteiger partial charge in [0.25, 0.3) is 5.91 Å². The summed E-state index contributed by atoms with van der Waals surface area (Å²) in [6, 6.07) is 17.5. The fourth-order valence-corrected chi connectivity index (χ4v) is 3.17. The lowest BCUT2D eigenvalue weighted by atomic mass is 10.0. The molecule has 0 unspecified atom stereocenters. The molecule has 2 heterocycles. The second kappa shape index (κ2) is 7.94. The molecule has 0 aliphatic carbocycles. The topological polar surface area (TPSA) is 75.4 Å². The quantitative estimate of drug-likeness (QED) is 0.556. The van der Waals surface area contributed by atoms with Crippen molar-refractivity contribution in [1.82, 2.24) is 25.1 Å². The summed E-state index contributed by atoms with van der Waals surface area (Å²) in [5.74, 6) is 0.413. The SMILES string of the molecule is Cc1ccc(-c2ccc3nnc(CNC(=O)c4ccc(N(C)C)cc4)n3n2)cc1C. The van der Waals surface area contributed by atoms with Crippen molar-refractivity contribution in [3.05, 3.63) is 77.1 Å². The van der Waals surface area contributed by atoms with Gasteiger partial charge < -0.3 is 10.2 Å². The Morgan fingerprint density at radius 1 is 0.967 bits per heavy atom. The third kappa shape index (κ3) is 3.87. The van der Waals surface area contributed by atoms with E-state index >= 15 is 0 Å². The van der Waals surface area contributed by atoms with Crippen molar-refractivity contribution >= 4 is 17.2 Å². The average Bonchev–Trinajstić information content (AvgIpc) is 3.16. The number of amides is 1. The highest BCUT2D eigenvalue weighted by atomic mass is 16.1. The van der Waals surface area contributed by atoms with Gasteiger partial charge in [0.1, 0.15) is 0 Å². The second-order valence-electron chi connectivity index (χ2n) is 7.53. The van der Waals surface area contributed by atoms with Crippen LogP contribution >= 0.6 is 0 Å². The normalized spacial score (nSPS) is 10.9. The average molecular weight is 400 g/mol. The van der Waals surface area contributed by atoms with E-state index in [9.17, 15) is 4.79 Å². The van der Waals surface area contributed by atoms with E-state index in [1.165, 1.54) is 11.1 Å². The van der Waals surface area contributed by atoms with Crippen LogP contribution in [0, 0.1) is 13.8 Å². The van der Waals surface area contributed by atoms with Crippen LogP contribution in [0.1, 0.15) is 27.3 Å². The van der Waals surface area contributed by atoms with Gasteiger partial charge in [-0.25, -0.2) is 0 Å². The predicted molar refractivity (Wildman–Crippen MR) is 118 cm³/mol. The van der Waals surface area contributed by atoms with Crippen LogP contribution in [-0.2, 0) is 6.54 Å². The molecule has 0 atom stereocenters. The number of aryl methyl sites for hydroxylation is 2. The number of carbonyl (C=O) groups is 1. The Balaban J connectivity index is 1.54. The van der Waals surface area contributed by atoms with Crippen molar-refractivity contribution in [1.29, 1.82) is 0 Å². The molecular weight excluding hydrogens is 376 g/mol. The fraction of sp³-hybridized carbons (Fsp3) is 0.217. The van der Waals surface area contributed by atoms with Crippen LogP contribution in [-0.4, -0.2) is 39.8 Å². The number of hydrogen-bond donors (Lipinski definition) is 1. The van der Waals surface area contributed by atoms with Crippen LogP contribution in [0.5, 0.6) is 0 Å². The minimum atomic E-state index is -0.164. The van der Waals surface area contributed by atoms with E-state index in [1.54, 1.807) is 4.52 Å². The zero-order valence-corrected chi connectivity index (χ0v) is 17.5. The lowest BCUT2D eigenvalue weighted by molar-refractivity contribution is 0.0949. The maximum atomic E-state index is 12.5. The van der Waals surface area contributed by atoms with Gasteiger partial charge in [-0.3, -0.25) is 4.79 Å². The molecule has 0 aliphatic heterocycles. The van der Waals surface area contributed by atoms with Gasteiger partial charge in [-0.05, 0) is 67.4 Å². The monoisotopic (exact) mass is 400 g/mol. The van der Waals surface area contributed by atoms with Gasteiger partial charge in [-0.2, -0.15) is 9.61 Å². The first-order chi connectivity index (χ1) is 14.4. The molecule has 7 nitrogen and oxygen atoms in total. The molecule has 152 valence electrons. The molecule has 0 spiro atoms. The van der Waals surface area contributed by atoms with Crippen LogP contribution in [0.25, 0.3) is 16.9 Å². The molecule has 0 fully saturated rings. The van der Waals surface area contributed by atoms with Crippen molar-refractivity contribution in [2.24, 2.45) is 0 Å². The highest BCUT2D eigenvalue weighted by Gasteiger charge is 2.12. The Bertz CT molecular complexity index is 1210. The molecule has 4 rings (SSSR count). The number of rotatable bonds is 5. The molecule has 2 aromatic heterocycles. The number of benzene rings is 2. The van der Waals surface area contributed by atoms with Crippen molar-refractivity contribution < 1.29 is 4.79 Å². The maximum Gasteiger partial charge on any atom is 0.251 e. The van der Waals surface area contributed by atoms with Crippen LogP contribution < -0.4 is 10.2 Å². The van der Waals surface area contributed by atoms with Crippen LogP contribution in [0.2, 0.25) is 0 Å². The Morgan fingerprint density at radius 2 is 1.73 bits per heavy atom. The van der Waals surface area contributed by atoms with Gasteiger partial charge in [-0.1, -0.05) is 12.1 Å². The summed E-state index contributed by atoms with van der Waals surface area (Å²) < 4.78 is 1.68. The molecule has 1 N–H and O–H groups in total. The number of anilines is 1. The summed E-state index contributed by atoms with van der Waals surface area (Å²) in [6.07, 6.45) is 0. The van der Waals surface area contributed by atoms with Gasteiger partial charge in [0.05, 0.1) is 12.2 Å². The molecule has 0 radical (unpaired) electrons. The van der Waals surface area contributed by atoms with Gasteiger partial charge in [-0.15, -0.1) is 10.2 Å². The van der Waals surface area contributed by atoms with E-state index in [1.807, 2.05) is 55.4 Å². The van der Waals surface area contributed by atoms with Crippen molar-refractivity contribution in [3.63, 3.8) is 0 Å². The standard InChI is InChI=1S/C23H24N6O/c1-15-5-6-18(13-16(15)2)20-11-12-21-25-26-22(29(21)27-20)14-24-23(30)17-7-9-19(10-8-17)28(3)4/h5-13H,14H2,1-4H3,(H,24,30). The largest absolute Gasteiger partial charge is 0.378 e. The molecule has 30 heavy (non-hydrogen) atoms. The molecule has 0 saturated heterocycles. The Labute approximate surface area is 175 Å². The molecule has 0 bridgehead atoms. The summed E-state index contributed by atoms with van der Waals surface area (Å²) in [5, 5.41) is 15.9. The molecule has 0 aliphatic rings. The number of nitrogens with zero attached hydrogens (tertiary/aromatic N) is 5. The molecule has 7 heteroatoms. The number of aromatic nitrogens is 4. The summed E-state index contributed by atoms with van der Waals surface area (Å²) >= 11 is 0. The first-order valence-electron chi connectivity index (χ1n) is 9.77. The summed E-state index contributed by atoms with van der Waals surface area (Å²) in [4.78, 5) is 14.5. The second-order valence-corrected chi connectivity index (χ2v) is 7.53. The first kappa shape index (κ1) is 19.6. The zero-order valence-electron chi connectivity index (χ0n) is 17.5. The molecule has 2 aromatic carbocycles. The number of fused-ring (bicyclic) bond motifs is 1. The van der Waals surface area contributed by atoms with Gasteiger partial charge >= 0.3 is 0 Å². The lowest BCUT2D eigenvalue weighted by Gasteiger charge is -2.12. The Hall–Kier alpha value is -3.74. The highest BCUT2D eigenvalue weighted by molar-refractivity contribution is 5.94. The molecule has 0 saturated carbocycles. The van der Waals surface area contributed by atoms with Crippen molar-refractivity contribution in [2.45, 2.75) is 20.4 Å². The molecular formula is C23H24N6O. The molecule has 4 aromatic rings. The predicted octanol–water partition coefficient (Wildman–Crippen LogP) is 3.40. The van der Waals surface area contributed by atoms with Crippen molar-refractivity contribution in [3.8, 4) is 11.3 Å². The zero-order chi connectivity index (χ0) is 21.3. The number of carbonyl (C=O) groups excluding carboxylic acids is 1. The van der Waals surface area contributed by atoms with E-state index in [-0.39, 0.29) is 12.5 Å². The van der Waals surface area contributed by atoms with E-state index < -0.39 is 0 Å². The highest BCUT2D eigenvalue weighted by Crippen LogP contribution is 2.20. The number of hydrogen-bond acceptors (Lipinski definition) is 5. The van der Waals surface area contributed by atoms with E-state index in [2.05, 4.69) is 47.6 Å². The van der Waals surface area contributed by atoms with Crippen LogP contribution in [0.15, 0.2) is 54.6 Å².